The van der Waals surface area contributed by atoms with Crippen LogP contribution in [-0.4, -0.2) is 70.4 Å². The summed E-state index contributed by atoms with van der Waals surface area (Å²) in [5.41, 5.74) is 4.31. The van der Waals surface area contributed by atoms with Gasteiger partial charge in [0, 0.05) is 17.5 Å². The maximum Gasteiger partial charge on any atom is 0.407 e. The van der Waals surface area contributed by atoms with Crippen molar-refractivity contribution in [1.29, 1.82) is 0 Å². The molecule has 4 aromatic rings. The van der Waals surface area contributed by atoms with Gasteiger partial charge < -0.3 is 34.4 Å². The van der Waals surface area contributed by atoms with Crippen LogP contribution in [0.2, 0.25) is 0 Å². The highest BCUT2D eigenvalue weighted by Gasteiger charge is 2.40. The zero-order valence-corrected chi connectivity index (χ0v) is 28.6. The van der Waals surface area contributed by atoms with Crippen LogP contribution in [-0.2, 0) is 20.8 Å². The van der Waals surface area contributed by atoms with E-state index in [2.05, 4.69) is 53.6 Å². The molecule has 248 valence electrons. The van der Waals surface area contributed by atoms with Gasteiger partial charge in [-0.1, -0.05) is 50.5 Å². The van der Waals surface area contributed by atoms with Gasteiger partial charge in [-0.25, -0.2) is 9.78 Å². The Labute approximate surface area is 276 Å². The monoisotopic (exact) mass is 640 g/mol. The Morgan fingerprint density at radius 2 is 1.89 bits per heavy atom. The molecule has 0 aliphatic carbocycles. The van der Waals surface area contributed by atoms with Crippen LogP contribution in [0.5, 0.6) is 5.75 Å². The van der Waals surface area contributed by atoms with Gasteiger partial charge in [0.05, 0.1) is 35.4 Å². The lowest BCUT2D eigenvalue weighted by Crippen LogP contribution is -2.51. The summed E-state index contributed by atoms with van der Waals surface area (Å²) in [7, 11) is 1.68. The lowest BCUT2D eigenvalue weighted by Gasteiger charge is -2.37. The first-order chi connectivity index (χ1) is 22.2. The van der Waals surface area contributed by atoms with E-state index in [1.54, 1.807) is 13.8 Å². The summed E-state index contributed by atoms with van der Waals surface area (Å²) in [6, 6.07) is 13.7. The summed E-state index contributed by atoms with van der Waals surface area (Å²) >= 11 is 0. The zero-order valence-electron chi connectivity index (χ0n) is 28.6. The Balaban J connectivity index is 1.30. The second-order valence-corrected chi connectivity index (χ2v) is 14.5. The molecule has 6 rings (SSSR count). The topological polar surface area (TPSA) is 126 Å². The van der Waals surface area contributed by atoms with Gasteiger partial charge in [0.1, 0.15) is 24.2 Å². The third-order valence-corrected chi connectivity index (χ3v) is 10.0. The molecule has 11 heteroatoms. The van der Waals surface area contributed by atoms with Crippen LogP contribution in [0, 0.1) is 11.8 Å². The van der Waals surface area contributed by atoms with Gasteiger partial charge in [0.15, 0.2) is 0 Å². The van der Waals surface area contributed by atoms with Gasteiger partial charge in [0.2, 0.25) is 5.91 Å². The fraction of sp³-hybridized carbons (Fsp3) is 0.472. The number of aromatic amines is 1. The van der Waals surface area contributed by atoms with Crippen molar-refractivity contribution < 1.29 is 28.8 Å². The van der Waals surface area contributed by atoms with Gasteiger partial charge in [-0.05, 0) is 80.7 Å². The number of carbonyl (C=O) groups is 2. The Kier molecular flexibility index (Phi) is 8.51. The van der Waals surface area contributed by atoms with Gasteiger partial charge >= 0.3 is 13.6 Å². The quantitative estimate of drug-likeness (QED) is 0.229. The largest absolute Gasteiger partial charge is 0.488 e. The molecular formula is C36H45BN4O6. The van der Waals surface area contributed by atoms with E-state index in [0.717, 1.165) is 62.0 Å². The second-order valence-electron chi connectivity index (χ2n) is 14.5. The molecule has 3 heterocycles. The fourth-order valence-electron chi connectivity index (χ4n) is 6.48. The first-order valence-electron chi connectivity index (χ1n) is 16.4. The van der Waals surface area contributed by atoms with Crippen molar-refractivity contribution in [2.75, 3.05) is 13.7 Å². The Morgan fingerprint density at radius 1 is 1.13 bits per heavy atom. The summed E-state index contributed by atoms with van der Waals surface area (Å²) in [4.78, 5) is 36.2. The second kappa shape index (κ2) is 12.2. The summed E-state index contributed by atoms with van der Waals surface area (Å²) in [6.07, 6.45) is 0.148. The molecule has 0 spiro atoms. The van der Waals surface area contributed by atoms with Crippen molar-refractivity contribution in [3.63, 3.8) is 0 Å². The van der Waals surface area contributed by atoms with E-state index < -0.39 is 23.3 Å². The average molecular weight is 641 g/mol. The number of hydrogen-bond acceptors (Lipinski definition) is 7. The van der Waals surface area contributed by atoms with E-state index in [1.165, 1.54) is 7.11 Å². The number of ether oxygens (including phenoxy) is 2. The number of hydrogen-bond donors (Lipinski definition) is 3. The number of carbonyl (C=O) groups excluding carboxylic acids is 2. The molecule has 47 heavy (non-hydrogen) atoms. The number of benzene rings is 3. The molecule has 2 aliphatic heterocycles. The predicted molar refractivity (Wildman–Crippen MR) is 184 cm³/mol. The van der Waals surface area contributed by atoms with Crippen molar-refractivity contribution in [3.05, 3.63) is 53.9 Å². The van der Waals surface area contributed by atoms with Gasteiger partial charge in [-0.3, -0.25) is 4.79 Å². The van der Waals surface area contributed by atoms with Crippen LogP contribution in [0.4, 0.5) is 4.79 Å². The number of nitrogens with zero attached hydrogens (tertiary/aromatic N) is 2. The SMILES string of the molecule is COC(=O)N[C@H](C(=O)N1C[C@@H](C)C[C@H]1c1nc2ccc3cc4c(cc3c2[nH]1)OCc1cc(BOC(C)(C)C(C)(C)O)ccc1-4)C(C)C. The predicted octanol–water partition coefficient (Wildman–Crippen LogP) is 5.11. The molecule has 10 nitrogen and oxygen atoms in total. The van der Waals surface area contributed by atoms with E-state index in [1.807, 2.05) is 38.7 Å². The average Bonchev–Trinajstić information content (AvgIpc) is 3.64. The summed E-state index contributed by atoms with van der Waals surface area (Å²) < 4.78 is 17.2. The molecule has 0 radical (unpaired) electrons. The van der Waals surface area contributed by atoms with Crippen molar-refractivity contribution in [1.82, 2.24) is 20.2 Å². The number of alkyl carbamates (subject to hydrolysis) is 1. The molecule has 0 saturated carbocycles. The van der Waals surface area contributed by atoms with Crippen LogP contribution in [0.3, 0.4) is 0 Å². The third-order valence-electron chi connectivity index (χ3n) is 10.0. The van der Waals surface area contributed by atoms with Crippen LogP contribution < -0.4 is 15.5 Å². The first-order valence-corrected chi connectivity index (χ1v) is 16.4. The standard InChI is InChI=1S/C36H45BN4O6/c1-19(2)30(40-34(43)45-8)33(42)41-17-20(3)13-28(41)32-38-27-12-9-21-15-26-24-11-10-23(37-47-36(6,7)35(4,5)44)14-22(24)18-46-29(26)16-25(21)31(27)39-32/h9-12,14-16,19-20,28,30,37,44H,13,17-18H2,1-8H3,(H,38,39)(H,40,43)/t20-,28-,30-/m0/s1. The highest BCUT2D eigenvalue weighted by molar-refractivity contribution is 6.47. The number of nitrogens with one attached hydrogen (secondary N) is 2. The molecule has 2 amide bonds. The van der Waals surface area contributed by atoms with Crippen molar-refractivity contribution in [2.24, 2.45) is 11.8 Å². The molecule has 1 fully saturated rings. The van der Waals surface area contributed by atoms with Crippen LogP contribution in [0.15, 0.2) is 42.5 Å². The van der Waals surface area contributed by atoms with Crippen LogP contribution >= 0.6 is 0 Å². The summed E-state index contributed by atoms with van der Waals surface area (Å²) in [6.45, 7) is 14.3. The zero-order chi connectivity index (χ0) is 33.8. The Bertz CT molecular complexity index is 1840. The normalized spacial score (nSPS) is 18.6. The number of imidazole rings is 1. The number of H-pyrrole nitrogens is 1. The third kappa shape index (κ3) is 6.18. The number of fused-ring (bicyclic) bond motifs is 6. The molecule has 1 saturated heterocycles. The van der Waals surface area contributed by atoms with E-state index >= 15 is 0 Å². The van der Waals surface area contributed by atoms with Crippen LogP contribution in [0.25, 0.3) is 32.9 Å². The minimum absolute atomic E-state index is 0.111. The number of likely N-dealkylation sites (tertiary alicyclic amines) is 1. The highest BCUT2D eigenvalue weighted by Crippen LogP contribution is 2.42. The molecule has 0 unspecified atom stereocenters. The van der Waals surface area contributed by atoms with Crippen molar-refractivity contribution in [2.45, 2.75) is 84.8 Å². The molecule has 3 N–H and O–H groups in total. The van der Waals surface area contributed by atoms with Gasteiger partial charge in [-0.2, -0.15) is 0 Å². The molecule has 2 aliphatic rings. The minimum atomic E-state index is -0.975. The summed E-state index contributed by atoms with van der Waals surface area (Å²) in [5, 5.41) is 15.2. The fourth-order valence-corrected chi connectivity index (χ4v) is 6.48. The van der Waals surface area contributed by atoms with Gasteiger partial charge in [0.25, 0.3) is 0 Å². The number of aromatic nitrogens is 2. The number of aliphatic hydroxyl groups is 1. The maximum absolute atomic E-state index is 13.8. The maximum atomic E-state index is 13.8. The van der Waals surface area contributed by atoms with Gasteiger partial charge in [-0.15, -0.1) is 0 Å². The molecule has 3 atom stereocenters. The van der Waals surface area contributed by atoms with Crippen LogP contribution in [0.1, 0.15) is 72.3 Å². The van der Waals surface area contributed by atoms with Crippen molar-refractivity contribution in [3.8, 4) is 16.9 Å². The minimum Gasteiger partial charge on any atom is -0.488 e. The smallest absolute Gasteiger partial charge is 0.407 e. The van der Waals surface area contributed by atoms with Crippen molar-refractivity contribution >= 4 is 46.8 Å². The summed E-state index contributed by atoms with van der Waals surface area (Å²) in [5.74, 6) is 1.57. The van der Waals surface area contributed by atoms with E-state index in [-0.39, 0.29) is 23.8 Å². The molecule has 1 aromatic heterocycles. The molecular weight excluding hydrogens is 595 g/mol. The Morgan fingerprint density at radius 3 is 2.60 bits per heavy atom. The molecule has 0 bridgehead atoms. The van der Waals surface area contributed by atoms with E-state index in [0.29, 0.717) is 20.6 Å². The van der Waals surface area contributed by atoms with E-state index in [9.17, 15) is 14.7 Å². The number of methoxy groups -OCH3 is 1. The number of rotatable bonds is 8. The van der Waals surface area contributed by atoms with E-state index in [4.69, 9.17) is 19.1 Å². The number of amides is 2. The molecule has 3 aromatic carbocycles. The lowest BCUT2D eigenvalue weighted by atomic mass is 9.80. The Hall–Kier alpha value is -4.09. The highest BCUT2D eigenvalue weighted by atomic mass is 16.5. The first kappa shape index (κ1) is 32.8. The lowest BCUT2D eigenvalue weighted by molar-refractivity contribution is -0.135.